The molecule has 2 aromatic carbocycles. The number of aryl methyl sites for hydroxylation is 1. The van der Waals surface area contributed by atoms with Crippen molar-refractivity contribution in [3.05, 3.63) is 77.4 Å². The minimum atomic E-state index is -1.03. The molecule has 0 saturated carbocycles. The molecule has 10 heteroatoms. The average Bonchev–Trinajstić information content (AvgIpc) is 3.26. The molecule has 4 aliphatic rings. The molecule has 226 valence electrons. The van der Waals surface area contributed by atoms with Gasteiger partial charge in [-0.2, -0.15) is 0 Å². The molecule has 43 heavy (non-hydrogen) atoms. The summed E-state index contributed by atoms with van der Waals surface area (Å²) in [5, 5.41) is 10.7. The van der Waals surface area contributed by atoms with Gasteiger partial charge in [0.15, 0.2) is 0 Å². The summed E-state index contributed by atoms with van der Waals surface area (Å²) in [5.41, 5.74) is 2.15. The molecule has 1 unspecified atom stereocenters. The summed E-state index contributed by atoms with van der Waals surface area (Å²) in [5.74, 6) is -1.56. The van der Waals surface area contributed by atoms with Gasteiger partial charge in [0.2, 0.25) is 11.8 Å². The third-order valence-electron chi connectivity index (χ3n) is 9.15. The number of para-hydroxylation sites is 1. The maximum atomic E-state index is 14.7. The highest BCUT2D eigenvalue weighted by atomic mass is 35.5. The maximum absolute atomic E-state index is 14.7. The van der Waals surface area contributed by atoms with Gasteiger partial charge in [0.05, 0.1) is 46.5 Å². The number of anilines is 2. The fourth-order valence-corrected chi connectivity index (χ4v) is 9.78. The molecular weight excluding hydrogens is 586 g/mol. The lowest BCUT2D eigenvalue weighted by Crippen LogP contribution is -2.56. The van der Waals surface area contributed by atoms with Crippen molar-refractivity contribution in [1.82, 2.24) is 4.90 Å². The van der Waals surface area contributed by atoms with Gasteiger partial charge in [0.1, 0.15) is 11.8 Å². The van der Waals surface area contributed by atoms with Crippen LogP contribution >= 0.6 is 23.4 Å². The fraction of sp³-hybridized carbons (Fsp3) is 0.424. The largest absolute Gasteiger partial charge is 0.494 e. The number of rotatable bonds is 6. The Hall–Kier alpha value is -3.27. The molecular formula is C33H36ClN3O5S. The van der Waals surface area contributed by atoms with Crippen molar-refractivity contribution < 1.29 is 24.2 Å². The van der Waals surface area contributed by atoms with E-state index in [2.05, 4.69) is 0 Å². The van der Waals surface area contributed by atoms with Gasteiger partial charge in [-0.15, -0.1) is 11.8 Å². The average molecular weight is 622 g/mol. The highest BCUT2D eigenvalue weighted by Crippen LogP contribution is 2.66. The van der Waals surface area contributed by atoms with Gasteiger partial charge in [-0.1, -0.05) is 48.0 Å². The number of nitrogens with zero attached hydrogens (tertiary/aromatic N) is 3. The molecule has 4 aliphatic heterocycles. The van der Waals surface area contributed by atoms with Gasteiger partial charge in [-0.05, 0) is 63.6 Å². The van der Waals surface area contributed by atoms with Crippen LogP contribution in [0.1, 0.15) is 26.3 Å². The van der Waals surface area contributed by atoms with Crippen LogP contribution in [0.15, 0.2) is 66.8 Å². The monoisotopic (exact) mass is 621 g/mol. The molecule has 1 N–H and O–H groups in total. The zero-order chi connectivity index (χ0) is 30.7. The lowest BCUT2D eigenvalue weighted by Gasteiger charge is -2.39. The van der Waals surface area contributed by atoms with Crippen LogP contribution in [0.5, 0.6) is 5.75 Å². The Morgan fingerprint density at radius 3 is 2.37 bits per heavy atom. The molecule has 8 nitrogen and oxygen atoms in total. The predicted molar refractivity (Wildman–Crippen MR) is 170 cm³/mol. The first-order chi connectivity index (χ1) is 20.6. The van der Waals surface area contributed by atoms with Gasteiger partial charge in [0, 0.05) is 23.5 Å². The van der Waals surface area contributed by atoms with Crippen LogP contribution in [0, 0.1) is 18.8 Å². The third-order valence-corrected chi connectivity index (χ3v) is 11.3. The van der Waals surface area contributed by atoms with E-state index in [1.807, 2.05) is 81.5 Å². The molecule has 6 atom stereocenters. The molecule has 0 aromatic heterocycles. The number of benzene rings is 2. The summed E-state index contributed by atoms with van der Waals surface area (Å²) in [6.07, 6.45) is 7.91. The van der Waals surface area contributed by atoms with E-state index in [0.29, 0.717) is 35.3 Å². The van der Waals surface area contributed by atoms with Crippen molar-refractivity contribution in [1.29, 1.82) is 0 Å². The van der Waals surface area contributed by atoms with E-state index in [0.717, 1.165) is 5.56 Å². The molecule has 0 bridgehead atoms. The van der Waals surface area contributed by atoms with Crippen LogP contribution in [-0.2, 0) is 14.4 Å². The van der Waals surface area contributed by atoms with Crippen molar-refractivity contribution in [3.63, 3.8) is 0 Å². The van der Waals surface area contributed by atoms with Crippen LogP contribution in [0.3, 0.4) is 0 Å². The van der Waals surface area contributed by atoms with E-state index in [-0.39, 0.29) is 30.9 Å². The van der Waals surface area contributed by atoms with Gasteiger partial charge in [-0.3, -0.25) is 14.4 Å². The number of fused-ring (bicyclic) bond motifs is 2. The second kappa shape index (κ2) is 11.0. The highest BCUT2D eigenvalue weighted by Gasteiger charge is 2.74. The van der Waals surface area contributed by atoms with Gasteiger partial charge in [-0.25, -0.2) is 0 Å². The molecule has 2 aromatic rings. The Balaban J connectivity index is 1.46. The Bertz CT molecular complexity index is 1510. The second-order valence-electron chi connectivity index (χ2n) is 11.8. The van der Waals surface area contributed by atoms with Crippen molar-refractivity contribution in [2.75, 3.05) is 36.1 Å². The molecule has 3 amide bonds. The van der Waals surface area contributed by atoms with E-state index < -0.39 is 33.4 Å². The van der Waals surface area contributed by atoms with Crippen LogP contribution in [0.25, 0.3) is 0 Å². The van der Waals surface area contributed by atoms with Crippen molar-refractivity contribution in [3.8, 4) is 5.75 Å². The summed E-state index contributed by atoms with van der Waals surface area (Å²) in [4.78, 5) is 48.7. The molecule has 0 radical (unpaired) electrons. The molecule has 2 fully saturated rings. The zero-order valence-corrected chi connectivity index (χ0v) is 26.3. The topological polar surface area (TPSA) is 90.4 Å². The zero-order valence-electron chi connectivity index (χ0n) is 24.7. The highest BCUT2D eigenvalue weighted by molar-refractivity contribution is 8.02. The molecule has 6 rings (SSSR count). The number of carbonyl (C=O) groups is 3. The van der Waals surface area contributed by atoms with E-state index in [4.69, 9.17) is 16.3 Å². The van der Waals surface area contributed by atoms with Gasteiger partial charge >= 0.3 is 0 Å². The Kier molecular flexibility index (Phi) is 7.63. The lowest BCUT2D eigenvalue weighted by molar-refractivity contribution is -0.141. The molecule has 0 aliphatic carbocycles. The molecule has 1 spiro atoms. The first-order valence-corrected chi connectivity index (χ1v) is 15.9. The summed E-state index contributed by atoms with van der Waals surface area (Å²) in [6.45, 7) is 8.41. The molecule has 2 saturated heterocycles. The van der Waals surface area contributed by atoms with Crippen molar-refractivity contribution in [2.45, 2.75) is 49.3 Å². The standard InChI is InChI=1S/C33H36ClN3O5S/c1-5-42-23-13-11-22(12-14-23)35-17-7-15-32(4)25(29(35)39)26-30(40)37(21(3)19-38)28-31(41)36(18-8-16-33(26,28)43-32)27-20(2)9-6-10-24(27)34/h6-16,21,25-26,28,38H,5,17-19H2,1-4H3/t21-,25-,26+,28?,32+,33+/m1/s1. The Labute approximate surface area is 261 Å². The van der Waals surface area contributed by atoms with E-state index in [1.165, 1.54) is 16.7 Å². The van der Waals surface area contributed by atoms with Crippen LogP contribution in [0.4, 0.5) is 11.4 Å². The number of halogens is 1. The molecule has 4 heterocycles. The summed E-state index contributed by atoms with van der Waals surface area (Å²) in [6, 6.07) is 11.3. The quantitative estimate of drug-likeness (QED) is 0.474. The second-order valence-corrected chi connectivity index (χ2v) is 14.0. The first-order valence-electron chi connectivity index (χ1n) is 14.7. The van der Waals surface area contributed by atoms with Crippen molar-refractivity contribution in [2.24, 2.45) is 11.8 Å². The number of thioether (sulfide) groups is 1. The minimum Gasteiger partial charge on any atom is -0.494 e. The minimum absolute atomic E-state index is 0.166. The van der Waals surface area contributed by atoms with Crippen molar-refractivity contribution >= 4 is 52.5 Å². The maximum Gasteiger partial charge on any atom is 0.251 e. The number of ether oxygens (including phenoxy) is 1. The normalized spacial score (nSPS) is 30.6. The fourth-order valence-electron chi connectivity index (χ4n) is 7.31. The number of likely N-dealkylation sites (tertiary alicyclic amines) is 1. The summed E-state index contributed by atoms with van der Waals surface area (Å²) < 4.78 is 3.82. The first kappa shape index (κ1) is 29.8. The van der Waals surface area contributed by atoms with Gasteiger partial charge in [0.25, 0.3) is 5.91 Å². The van der Waals surface area contributed by atoms with Crippen LogP contribution in [-0.4, -0.2) is 75.6 Å². The smallest absolute Gasteiger partial charge is 0.251 e. The number of amides is 3. The Morgan fingerprint density at radius 1 is 1.00 bits per heavy atom. The SMILES string of the molecule is CCOc1ccc(N2CC=C[C@]3(C)S[C@]45C=CCN(c6c(C)cccc6Cl)C(=O)C4N([C@H](C)CO)C(=O)[C@@H]5[C@@H]3C2=O)cc1. The predicted octanol–water partition coefficient (Wildman–Crippen LogP) is 4.62. The van der Waals surface area contributed by atoms with Crippen LogP contribution in [0.2, 0.25) is 5.02 Å². The summed E-state index contributed by atoms with van der Waals surface area (Å²) in [7, 11) is 0. The Morgan fingerprint density at radius 2 is 1.70 bits per heavy atom. The van der Waals surface area contributed by atoms with Crippen LogP contribution < -0.4 is 14.5 Å². The number of aliphatic hydroxyl groups is 1. The van der Waals surface area contributed by atoms with E-state index in [1.54, 1.807) is 22.8 Å². The number of aliphatic hydroxyl groups excluding tert-OH is 1. The number of hydrogen-bond donors (Lipinski definition) is 1. The summed E-state index contributed by atoms with van der Waals surface area (Å²) >= 11 is 8.15. The number of hydrogen-bond acceptors (Lipinski definition) is 6. The van der Waals surface area contributed by atoms with E-state index in [9.17, 15) is 19.5 Å². The van der Waals surface area contributed by atoms with Gasteiger partial charge < -0.3 is 24.5 Å². The number of carbonyl (C=O) groups excluding carboxylic acids is 3. The lowest BCUT2D eigenvalue weighted by atomic mass is 9.74. The van der Waals surface area contributed by atoms with E-state index >= 15 is 0 Å². The third kappa shape index (κ3) is 4.50.